The number of nitrogens with one attached hydrogen (secondary N) is 2. The first-order valence-electron chi connectivity index (χ1n) is 12.8. The molecule has 0 aromatic heterocycles. The number of ether oxygens (including phenoxy) is 1. The second-order valence-corrected chi connectivity index (χ2v) is 9.62. The molecule has 1 heterocycles. The number of benzene rings is 2. The predicted octanol–water partition coefficient (Wildman–Crippen LogP) is 4.47. The summed E-state index contributed by atoms with van der Waals surface area (Å²) in [5.74, 6) is 0.506. The van der Waals surface area contributed by atoms with Gasteiger partial charge in [-0.3, -0.25) is 9.59 Å². The van der Waals surface area contributed by atoms with Crippen LogP contribution in [0.4, 0.5) is 10.1 Å². The number of carbonyl (C=O) groups is 2. The van der Waals surface area contributed by atoms with Gasteiger partial charge in [0, 0.05) is 25.2 Å². The van der Waals surface area contributed by atoms with Crippen molar-refractivity contribution in [3.05, 3.63) is 59.4 Å². The molecular weight excluding hydrogens is 445 g/mol. The van der Waals surface area contributed by atoms with Crippen LogP contribution in [0.2, 0.25) is 0 Å². The third kappa shape index (κ3) is 6.53. The Balaban J connectivity index is 1.36. The Hall–Kier alpha value is -3.09. The van der Waals surface area contributed by atoms with Gasteiger partial charge in [0.1, 0.15) is 17.6 Å². The Kier molecular flexibility index (Phi) is 8.61. The Morgan fingerprint density at radius 2 is 1.94 bits per heavy atom. The second-order valence-electron chi connectivity index (χ2n) is 9.62. The molecular formula is C28H36FN3O3. The van der Waals surface area contributed by atoms with E-state index in [-0.39, 0.29) is 17.6 Å². The highest BCUT2D eigenvalue weighted by atomic mass is 19.1. The molecule has 1 fully saturated rings. The van der Waals surface area contributed by atoms with E-state index in [1.807, 2.05) is 11.0 Å². The summed E-state index contributed by atoms with van der Waals surface area (Å²) in [7, 11) is 1.56. The van der Waals surface area contributed by atoms with E-state index < -0.39 is 6.04 Å². The molecule has 0 radical (unpaired) electrons. The van der Waals surface area contributed by atoms with Crippen LogP contribution >= 0.6 is 0 Å². The zero-order valence-electron chi connectivity index (χ0n) is 20.5. The molecule has 1 saturated carbocycles. The van der Waals surface area contributed by atoms with Gasteiger partial charge in [0.05, 0.1) is 12.8 Å². The van der Waals surface area contributed by atoms with Crippen molar-refractivity contribution in [1.82, 2.24) is 10.6 Å². The largest absolute Gasteiger partial charge is 0.497 e. The molecule has 2 aliphatic rings. The maximum Gasteiger partial charge on any atom is 0.252 e. The molecule has 1 aliphatic heterocycles. The maximum atomic E-state index is 14.3. The van der Waals surface area contributed by atoms with E-state index in [0.717, 1.165) is 24.9 Å². The predicted molar refractivity (Wildman–Crippen MR) is 135 cm³/mol. The van der Waals surface area contributed by atoms with Gasteiger partial charge in [-0.25, -0.2) is 4.39 Å². The minimum Gasteiger partial charge on any atom is -0.497 e. The van der Waals surface area contributed by atoms with Gasteiger partial charge in [-0.05, 0) is 55.0 Å². The highest BCUT2D eigenvalue weighted by Gasteiger charge is 2.25. The van der Waals surface area contributed by atoms with Crippen LogP contribution in [0.5, 0.6) is 5.75 Å². The summed E-state index contributed by atoms with van der Waals surface area (Å²) in [6.07, 6.45) is 8.48. The van der Waals surface area contributed by atoms with Crippen LogP contribution in [0.1, 0.15) is 60.9 Å². The van der Waals surface area contributed by atoms with Crippen molar-refractivity contribution in [2.75, 3.05) is 31.6 Å². The van der Waals surface area contributed by atoms with Gasteiger partial charge < -0.3 is 20.3 Å². The molecule has 188 valence electrons. The molecule has 0 saturated heterocycles. The smallest absolute Gasteiger partial charge is 0.252 e. The fourth-order valence-corrected chi connectivity index (χ4v) is 5.30. The molecule has 1 aliphatic carbocycles. The van der Waals surface area contributed by atoms with Crippen LogP contribution in [-0.4, -0.2) is 44.6 Å². The monoisotopic (exact) mass is 481 g/mol. The summed E-state index contributed by atoms with van der Waals surface area (Å²) >= 11 is 0. The van der Waals surface area contributed by atoms with Crippen molar-refractivity contribution >= 4 is 17.5 Å². The van der Waals surface area contributed by atoms with Crippen molar-refractivity contribution in [3.8, 4) is 5.75 Å². The first-order valence-corrected chi connectivity index (χ1v) is 12.8. The number of amides is 2. The molecule has 1 atom stereocenters. The Labute approximate surface area is 207 Å². The summed E-state index contributed by atoms with van der Waals surface area (Å²) < 4.78 is 19.5. The Morgan fingerprint density at radius 1 is 1.14 bits per heavy atom. The molecule has 0 spiro atoms. The fourth-order valence-electron chi connectivity index (χ4n) is 5.30. The lowest BCUT2D eigenvalue weighted by molar-refractivity contribution is -0.123. The minimum absolute atomic E-state index is 0.190. The van der Waals surface area contributed by atoms with Gasteiger partial charge in [0.25, 0.3) is 5.91 Å². The van der Waals surface area contributed by atoms with E-state index in [1.165, 1.54) is 38.2 Å². The third-order valence-electron chi connectivity index (χ3n) is 7.26. The minimum atomic E-state index is -0.613. The number of hydrogen-bond donors (Lipinski definition) is 2. The molecule has 2 N–H and O–H groups in total. The van der Waals surface area contributed by atoms with Gasteiger partial charge in [-0.2, -0.15) is 0 Å². The quantitative estimate of drug-likeness (QED) is 0.525. The van der Waals surface area contributed by atoms with E-state index in [1.54, 1.807) is 37.4 Å². The molecule has 7 heteroatoms. The van der Waals surface area contributed by atoms with Gasteiger partial charge >= 0.3 is 0 Å². The van der Waals surface area contributed by atoms with E-state index in [4.69, 9.17) is 4.74 Å². The molecule has 35 heavy (non-hydrogen) atoms. The van der Waals surface area contributed by atoms with E-state index >= 15 is 0 Å². The summed E-state index contributed by atoms with van der Waals surface area (Å²) in [4.78, 5) is 28.1. The molecule has 2 aromatic rings. The zero-order chi connectivity index (χ0) is 24.6. The first-order chi connectivity index (χ1) is 17.0. The number of carbonyl (C=O) groups excluding carboxylic acids is 2. The molecule has 0 bridgehead atoms. The van der Waals surface area contributed by atoms with Crippen LogP contribution < -0.4 is 20.3 Å². The topological polar surface area (TPSA) is 70.7 Å². The number of rotatable bonds is 10. The van der Waals surface area contributed by atoms with Crippen LogP contribution in [0, 0.1) is 11.7 Å². The van der Waals surface area contributed by atoms with Gasteiger partial charge in [-0.1, -0.05) is 50.3 Å². The summed E-state index contributed by atoms with van der Waals surface area (Å²) in [6, 6.07) is 11.5. The normalized spacial score (nSPS) is 16.5. The first kappa shape index (κ1) is 25.0. The van der Waals surface area contributed by atoms with Gasteiger partial charge in [-0.15, -0.1) is 0 Å². The lowest BCUT2D eigenvalue weighted by atomic mass is 9.85. The summed E-state index contributed by atoms with van der Waals surface area (Å²) in [5.41, 5.74) is 2.11. The molecule has 6 nitrogen and oxygen atoms in total. The summed E-state index contributed by atoms with van der Waals surface area (Å²) in [6.45, 7) is 1.66. The zero-order valence-corrected chi connectivity index (χ0v) is 20.5. The Morgan fingerprint density at radius 3 is 2.74 bits per heavy atom. The van der Waals surface area contributed by atoms with Crippen molar-refractivity contribution in [1.29, 1.82) is 0 Å². The molecule has 2 aromatic carbocycles. The van der Waals surface area contributed by atoms with Crippen molar-refractivity contribution < 1.29 is 18.7 Å². The highest BCUT2D eigenvalue weighted by Crippen LogP contribution is 2.30. The number of hydrogen-bond acceptors (Lipinski definition) is 4. The van der Waals surface area contributed by atoms with Crippen molar-refractivity contribution in [3.63, 3.8) is 0 Å². The third-order valence-corrected chi connectivity index (χ3v) is 7.26. The number of para-hydroxylation sites is 1. The van der Waals surface area contributed by atoms with E-state index in [2.05, 4.69) is 10.6 Å². The number of anilines is 1. The fraction of sp³-hybridized carbons (Fsp3) is 0.500. The summed E-state index contributed by atoms with van der Waals surface area (Å²) in [5, 5.41) is 5.93. The van der Waals surface area contributed by atoms with Crippen LogP contribution in [0.15, 0.2) is 42.5 Å². The lowest BCUT2D eigenvalue weighted by Crippen LogP contribution is -2.48. The van der Waals surface area contributed by atoms with Crippen LogP contribution in [0.25, 0.3) is 0 Å². The van der Waals surface area contributed by atoms with Gasteiger partial charge in [0.15, 0.2) is 0 Å². The lowest BCUT2D eigenvalue weighted by Gasteiger charge is -2.25. The average molecular weight is 482 g/mol. The number of methoxy groups -OCH3 is 1. The average Bonchev–Trinajstić information content (AvgIpc) is 3.31. The second kappa shape index (κ2) is 12.0. The van der Waals surface area contributed by atoms with Crippen LogP contribution in [0.3, 0.4) is 0 Å². The van der Waals surface area contributed by atoms with Crippen molar-refractivity contribution in [2.45, 2.75) is 57.4 Å². The SMILES string of the molecule is COc1cccc(C(=O)N[C@@H](CCC2CCCCC2)C(=O)NCCN2CCc3cccc(F)c32)c1. The Bertz CT molecular complexity index is 1020. The number of halogens is 1. The number of fused-ring (bicyclic) bond motifs is 1. The number of nitrogens with zero attached hydrogens (tertiary/aromatic N) is 1. The molecule has 0 unspecified atom stereocenters. The van der Waals surface area contributed by atoms with Crippen molar-refractivity contribution in [2.24, 2.45) is 5.92 Å². The van der Waals surface area contributed by atoms with Gasteiger partial charge in [0.2, 0.25) is 5.91 Å². The van der Waals surface area contributed by atoms with E-state index in [0.29, 0.717) is 42.4 Å². The standard InChI is InChI=1S/C28H36FN3O3/c1-35-23-11-5-10-22(19-23)27(33)31-25(14-13-20-7-3-2-4-8-20)28(34)30-16-18-32-17-15-21-9-6-12-24(29)26(21)32/h5-6,9-12,19-20,25H,2-4,7-8,13-18H2,1H3,(H,30,34)(H,31,33)/t25-/m0/s1. The van der Waals surface area contributed by atoms with Crippen LogP contribution in [-0.2, 0) is 11.2 Å². The molecule has 2 amide bonds. The highest BCUT2D eigenvalue weighted by molar-refractivity contribution is 5.97. The maximum absolute atomic E-state index is 14.3. The molecule has 4 rings (SSSR count). The van der Waals surface area contributed by atoms with E-state index in [9.17, 15) is 14.0 Å².